The number of allylic oxidation sites excluding steroid dienone is 1. The molecule has 0 aliphatic rings. The second-order valence-electron chi connectivity index (χ2n) is 6.41. The Morgan fingerprint density at radius 2 is 1.93 bits per heavy atom. The average molecular weight is 417 g/mol. The van der Waals surface area contributed by atoms with Crippen LogP contribution < -0.4 is 11.1 Å². The highest BCUT2D eigenvalue weighted by atomic mass is 31.0. The molecule has 30 heavy (non-hydrogen) atoms. The number of ketones is 1. The van der Waals surface area contributed by atoms with Gasteiger partial charge in [-0.1, -0.05) is 44.7 Å². The first-order valence-electron chi connectivity index (χ1n) is 9.06. The van der Waals surface area contributed by atoms with Gasteiger partial charge in [-0.2, -0.15) is 5.26 Å². The lowest BCUT2D eigenvalue weighted by Crippen LogP contribution is -2.13. The molecule has 7 nitrogen and oxygen atoms in total. The zero-order valence-electron chi connectivity index (χ0n) is 16.3. The fourth-order valence-corrected chi connectivity index (χ4v) is 3.04. The molecule has 0 amide bonds. The third kappa shape index (κ3) is 4.99. The van der Waals surface area contributed by atoms with E-state index in [1.165, 1.54) is 6.20 Å². The van der Waals surface area contributed by atoms with Crippen LogP contribution >= 0.6 is 9.24 Å². The minimum absolute atomic E-state index is 0.0423. The molecule has 0 bridgehead atoms. The van der Waals surface area contributed by atoms with Crippen molar-refractivity contribution in [2.24, 2.45) is 10.7 Å². The summed E-state index contributed by atoms with van der Waals surface area (Å²) in [6.07, 6.45) is 1.30. The number of rotatable bonds is 7. The summed E-state index contributed by atoms with van der Waals surface area (Å²) in [5.41, 5.74) is 9.20. The number of anilines is 1. The minimum atomic E-state index is -0.456. The number of nitrogens with zero attached hydrogens (tertiary/aromatic N) is 3. The molecule has 0 aliphatic carbocycles. The van der Waals surface area contributed by atoms with Crippen LogP contribution in [0.1, 0.15) is 27.2 Å². The van der Waals surface area contributed by atoms with Crippen molar-refractivity contribution in [1.29, 1.82) is 5.26 Å². The number of amidine groups is 1. The summed E-state index contributed by atoms with van der Waals surface area (Å²) in [6.45, 7) is 2.12. The molecule has 2 aromatic carbocycles. The summed E-state index contributed by atoms with van der Waals surface area (Å²) in [6, 6.07) is 19.0. The maximum atomic E-state index is 12.6. The molecular weight excluding hydrogens is 397 g/mol. The number of aromatic nitrogens is 1. The van der Waals surface area contributed by atoms with Gasteiger partial charge in [-0.05, 0) is 36.8 Å². The lowest BCUT2D eigenvalue weighted by Gasteiger charge is -2.09. The Hall–Kier alpha value is -3.75. The standard InChI is InChI=1S/C22H20N5O2P/c1-14-19(13-26-29-14)20(28)18(11-23)22(30)27-17-9-7-16(8-10-17)21(24)25-12-15-5-3-2-4-6-15/h2-10,13,27H,12,30H2,1H3,(H2,24,25)/b22-18+. The van der Waals surface area contributed by atoms with Crippen LogP contribution in [0.3, 0.4) is 0 Å². The molecule has 3 aromatic rings. The Kier molecular flexibility index (Phi) is 6.74. The predicted molar refractivity (Wildman–Crippen MR) is 119 cm³/mol. The summed E-state index contributed by atoms with van der Waals surface area (Å²) < 4.78 is 4.91. The number of Topliss-reactive ketones (excluding diaryl/α,β-unsaturated/α-hetero) is 1. The first kappa shape index (κ1) is 21.0. The maximum Gasteiger partial charge on any atom is 0.210 e. The Balaban J connectivity index is 1.72. The van der Waals surface area contributed by atoms with E-state index < -0.39 is 5.78 Å². The summed E-state index contributed by atoms with van der Waals surface area (Å²) in [4.78, 5) is 17.0. The Morgan fingerprint density at radius 1 is 1.23 bits per heavy atom. The lowest BCUT2D eigenvalue weighted by atomic mass is 10.1. The van der Waals surface area contributed by atoms with Gasteiger partial charge in [0.05, 0.1) is 23.7 Å². The van der Waals surface area contributed by atoms with Crippen LogP contribution in [0.5, 0.6) is 0 Å². The normalized spacial score (nSPS) is 12.1. The van der Waals surface area contributed by atoms with Gasteiger partial charge in [0.25, 0.3) is 0 Å². The molecule has 0 aliphatic heterocycles. The van der Waals surface area contributed by atoms with E-state index >= 15 is 0 Å². The van der Waals surface area contributed by atoms with Crippen LogP contribution in [-0.2, 0) is 6.54 Å². The van der Waals surface area contributed by atoms with Gasteiger partial charge in [-0.25, -0.2) is 0 Å². The Bertz CT molecular complexity index is 1140. The molecule has 0 saturated carbocycles. The third-order valence-corrected chi connectivity index (χ3v) is 4.77. The quantitative estimate of drug-likeness (QED) is 0.151. The highest BCUT2D eigenvalue weighted by molar-refractivity contribution is 7.23. The van der Waals surface area contributed by atoms with E-state index in [4.69, 9.17) is 10.3 Å². The molecular formula is C22H20N5O2P. The number of hydrogen-bond acceptors (Lipinski definition) is 6. The highest BCUT2D eigenvalue weighted by Crippen LogP contribution is 2.22. The van der Waals surface area contributed by atoms with E-state index in [9.17, 15) is 10.1 Å². The van der Waals surface area contributed by atoms with Crippen LogP contribution in [0.2, 0.25) is 0 Å². The van der Waals surface area contributed by atoms with Crippen LogP contribution in [0.25, 0.3) is 0 Å². The highest BCUT2D eigenvalue weighted by Gasteiger charge is 2.20. The van der Waals surface area contributed by atoms with Gasteiger partial charge < -0.3 is 15.6 Å². The number of benzene rings is 2. The van der Waals surface area contributed by atoms with Crippen LogP contribution in [0.4, 0.5) is 5.69 Å². The van der Waals surface area contributed by atoms with Crippen molar-refractivity contribution in [1.82, 2.24) is 5.16 Å². The molecule has 3 rings (SSSR count). The van der Waals surface area contributed by atoms with Crippen molar-refractivity contribution >= 4 is 26.5 Å². The predicted octanol–water partition coefficient (Wildman–Crippen LogP) is 3.79. The second kappa shape index (κ2) is 9.64. The molecule has 1 unspecified atom stereocenters. The van der Waals surface area contributed by atoms with Gasteiger partial charge in [-0.3, -0.25) is 9.79 Å². The van der Waals surface area contributed by atoms with Crippen LogP contribution in [0.15, 0.2) is 81.3 Å². The summed E-state index contributed by atoms with van der Waals surface area (Å²) in [7, 11) is 2.38. The van der Waals surface area contributed by atoms with Crippen molar-refractivity contribution in [3.63, 3.8) is 0 Å². The van der Waals surface area contributed by atoms with Crippen molar-refractivity contribution in [3.8, 4) is 6.07 Å². The Morgan fingerprint density at radius 3 is 2.53 bits per heavy atom. The molecule has 1 atom stereocenters. The lowest BCUT2D eigenvalue weighted by molar-refractivity contribution is 0.103. The fourth-order valence-electron chi connectivity index (χ4n) is 2.68. The maximum absolute atomic E-state index is 12.6. The molecule has 8 heteroatoms. The van der Waals surface area contributed by atoms with E-state index in [0.29, 0.717) is 29.3 Å². The monoisotopic (exact) mass is 417 g/mol. The molecule has 150 valence electrons. The third-order valence-electron chi connectivity index (χ3n) is 4.34. The van der Waals surface area contributed by atoms with Gasteiger partial charge in [0.2, 0.25) is 5.78 Å². The summed E-state index contributed by atoms with van der Waals surface area (Å²) in [5, 5.41) is 16.1. The zero-order chi connectivity index (χ0) is 21.5. The van der Waals surface area contributed by atoms with Crippen molar-refractivity contribution < 1.29 is 9.32 Å². The van der Waals surface area contributed by atoms with Crippen molar-refractivity contribution in [2.75, 3.05) is 5.32 Å². The number of aryl methyl sites for hydroxylation is 1. The van der Waals surface area contributed by atoms with Crippen molar-refractivity contribution in [2.45, 2.75) is 13.5 Å². The Labute approximate surface area is 176 Å². The number of carbonyl (C=O) groups excluding carboxylic acids is 1. The first-order valence-corrected chi connectivity index (χ1v) is 9.64. The smallest absolute Gasteiger partial charge is 0.210 e. The van der Waals surface area contributed by atoms with E-state index in [0.717, 1.165) is 11.1 Å². The number of nitriles is 1. The van der Waals surface area contributed by atoms with E-state index in [2.05, 4.69) is 24.7 Å². The van der Waals surface area contributed by atoms with Gasteiger partial charge in [-0.15, -0.1) is 0 Å². The van der Waals surface area contributed by atoms with Gasteiger partial charge in [0.15, 0.2) is 0 Å². The number of carbonyl (C=O) groups is 1. The van der Waals surface area contributed by atoms with E-state index in [1.807, 2.05) is 48.5 Å². The molecule has 0 fully saturated rings. The molecule has 0 spiro atoms. The SMILES string of the molecule is Cc1oncc1C(=O)/C(C#N)=C(/P)Nc1ccc(C(N)=NCc2ccccc2)cc1. The first-order chi connectivity index (χ1) is 14.5. The minimum Gasteiger partial charge on any atom is -0.383 e. The van der Waals surface area contributed by atoms with Gasteiger partial charge in [0.1, 0.15) is 23.2 Å². The molecule has 1 heterocycles. The zero-order valence-corrected chi connectivity index (χ0v) is 17.4. The summed E-state index contributed by atoms with van der Waals surface area (Å²) >= 11 is 0. The van der Waals surface area contributed by atoms with Gasteiger partial charge in [0, 0.05) is 11.3 Å². The molecule has 0 saturated heterocycles. The average Bonchev–Trinajstić information content (AvgIpc) is 3.19. The molecule has 1 aromatic heterocycles. The molecule has 0 radical (unpaired) electrons. The van der Waals surface area contributed by atoms with E-state index in [-0.39, 0.29) is 11.1 Å². The molecule has 3 N–H and O–H groups in total. The van der Waals surface area contributed by atoms with Crippen LogP contribution in [0, 0.1) is 18.3 Å². The van der Waals surface area contributed by atoms with E-state index in [1.54, 1.807) is 19.1 Å². The van der Waals surface area contributed by atoms with Gasteiger partial charge >= 0.3 is 0 Å². The second-order valence-corrected chi connectivity index (χ2v) is 6.99. The summed E-state index contributed by atoms with van der Waals surface area (Å²) in [5.74, 6) is 0.339. The number of nitrogens with one attached hydrogen (secondary N) is 1. The fraction of sp³-hybridized carbons (Fsp3) is 0.0909. The number of hydrogen-bond donors (Lipinski definition) is 2. The largest absolute Gasteiger partial charge is 0.383 e. The van der Waals surface area contributed by atoms with Crippen molar-refractivity contribution in [3.05, 3.63) is 94.3 Å². The van der Waals surface area contributed by atoms with Crippen LogP contribution in [-0.4, -0.2) is 16.8 Å². The number of aliphatic imine (C=N–C) groups is 1. The number of nitrogens with two attached hydrogens (primary N) is 1. The topological polar surface area (TPSA) is 117 Å².